The van der Waals surface area contributed by atoms with Gasteiger partial charge in [0.15, 0.2) is 0 Å². The van der Waals surface area contributed by atoms with Crippen molar-refractivity contribution >= 4 is 6.08 Å². The van der Waals surface area contributed by atoms with E-state index >= 15 is 0 Å². The number of benzene rings is 1. The molecule has 1 heterocycles. The van der Waals surface area contributed by atoms with Gasteiger partial charge in [0.25, 0.3) is 0 Å². The molecule has 0 bridgehead atoms. The molecule has 0 amide bonds. The molecule has 2 atom stereocenters. The van der Waals surface area contributed by atoms with E-state index in [9.17, 15) is 0 Å². The van der Waals surface area contributed by atoms with E-state index in [-0.39, 0.29) is 0 Å². The SMILES string of the molecule is C(=C\C1CC1NCC1CCNCC1)/c1ccccc1.CN. The molecule has 116 valence electrons. The predicted molar refractivity (Wildman–Crippen MR) is 91.1 cm³/mol. The molecule has 2 aliphatic rings. The Hall–Kier alpha value is -1.16. The number of nitrogens with one attached hydrogen (secondary N) is 2. The summed E-state index contributed by atoms with van der Waals surface area (Å²) in [5.41, 5.74) is 5.81. The predicted octanol–water partition coefficient (Wildman–Crippen LogP) is 2.25. The van der Waals surface area contributed by atoms with Crippen molar-refractivity contribution in [1.29, 1.82) is 0 Å². The highest BCUT2D eigenvalue weighted by atomic mass is 15.0. The first-order valence-corrected chi connectivity index (χ1v) is 8.17. The van der Waals surface area contributed by atoms with Crippen LogP contribution in [0.15, 0.2) is 36.4 Å². The summed E-state index contributed by atoms with van der Waals surface area (Å²) in [5, 5.41) is 7.16. The molecule has 0 spiro atoms. The number of rotatable bonds is 5. The van der Waals surface area contributed by atoms with Gasteiger partial charge in [-0.3, -0.25) is 0 Å². The monoisotopic (exact) mass is 287 g/mol. The summed E-state index contributed by atoms with van der Waals surface area (Å²) in [7, 11) is 1.50. The Morgan fingerprint density at radius 1 is 1.19 bits per heavy atom. The summed E-state index contributed by atoms with van der Waals surface area (Å²) in [6.07, 6.45) is 8.62. The molecule has 1 aliphatic carbocycles. The maximum absolute atomic E-state index is 4.50. The molecule has 1 aromatic rings. The molecule has 1 saturated heterocycles. The summed E-state index contributed by atoms with van der Waals surface area (Å²) in [4.78, 5) is 0. The molecular formula is C18H29N3. The van der Waals surface area contributed by atoms with Gasteiger partial charge in [-0.2, -0.15) is 0 Å². The van der Waals surface area contributed by atoms with E-state index in [1.807, 2.05) is 0 Å². The lowest BCUT2D eigenvalue weighted by Gasteiger charge is -2.22. The van der Waals surface area contributed by atoms with Crippen molar-refractivity contribution in [3.8, 4) is 0 Å². The molecular weight excluding hydrogens is 258 g/mol. The summed E-state index contributed by atoms with van der Waals surface area (Å²) in [6, 6.07) is 11.3. The van der Waals surface area contributed by atoms with Crippen molar-refractivity contribution in [1.82, 2.24) is 10.6 Å². The van der Waals surface area contributed by atoms with E-state index in [0.29, 0.717) is 0 Å². The van der Waals surface area contributed by atoms with Crippen LogP contribution < -0.4 is 16.4 Å². The zero-order valence-electron chi connectivity index (χ0n) is 13.1. The minimum atomic E-state index is 0.731. The second-order valence-corrected chi connectivity index (χ2v) is 5.88. The molecule has 3 heteroatoms. The van der Waals surface area contributed by atoms with Gasteiger partial charge in [-0.05, 0) is 63.3 Å². The first-order chi connectivity index (χ1) is 10.4. The lowest BCUT2D eigenvalue weighted by atomic mass is 9.98. The second kappa shape index (κ2) is 8.98. The molecule has 2 unspecified atom stereocenters. The molecule has 0 radical (unpaired) electrons. The van der Waals surface area contributed by atoms with Gasteiger partial charge in [0.2, 0.25) is 0 Å². The van der Waals surface area contributed by atoms with Crippen molar-refractivity contribution < 1.29 is 0 Å². The van der Waals surface area contributed by atoms with E-state index in [0.717, 1.165) is 17.9 Å². The Bertz CT molecular complexity index is 410. The minimum Gasteiger partial charge on any atom is -0.333 e. The average molecular weight is 287 g/mol. The van der Waals surface area contributed by atoms with Crippen LogP contribution in [0.1, 0.15) is 24.8 Å². The third-order valence-electron chi connectivity index (χ3n) is 4.30. The fourth-order valence-corrected chi connectivity index (χ4v) is 2.86. The van der Waals surface area contributed by atoms with Crippen LogP contribution in [0.25, 0.3) is 6.08 Å². The fraction of sp³-hybridized carbons (Fsp3) is 0.556. The second-order valence-electron chi connectivity index (χ2n) is 5.88. The molecule has 1 aliphatic heterocycles. The largest absolute Gasteiger partial charge is 0.333 e. The van der Waals surface area contributed by atoms with Gasteiger partial charge in [0, 0.05) is 6.04 Å². The number of nitrogens with two attached hydrogens (primary N) is 1. The minimum absolute atomic E-state index is 0.731. The van der Waals surface area contributed by atoms with Gasteiger partial charge < -0.3 is 16.4 Å². The third kappa shape index (κ3) is 5.62. The first kappa shape index (κ1) is 16.2. The zero-order chi connectivity index (χ0) is 14.9. The Morgan fingerprint density at radius 2 is 1.90 bits per heavy atom. The van der Waals surface area contributed by atoms with Crippen molar-refractivity contribution in [3.63, 3.8) is 0 Å². The van der Waals surface area contributed by atoms with Crippen molar-refractivity contribution in [2.75, 3.05) is 26.7 Å². The summed E-state index contributed by atoms with van der Waals surface area (Å²) < 4.78 is 0. The van der Waals surface area contributed by atoms with Crippen LogP contribution >= 0.6 is 0 Å². The van der Waals surface area contributed by atoms with Gasteiger partial charge in [0.1, 0.15) is 0 Å². The summed E-state index contributed by atoms with van der Waals surface area (Å²) in [5.74, 6) is 1.64. The first-order valence-electron chi connectivity index (χ1n) is 8.17. The Morgan fingerprint density at radius 3 is 2.62 bits per heavy atom. The van der Waals surface area contributed by atoms with Crippen LogP contribution in [0.5, 0.6) is 0 Å². The highest BCUT2D eigenvalue weighted by Crippen LogP contribution is 2.32. The Labute approximate surface area is 129 Å². The smallest absolute Gasteiger partial charge is 0.0137 e. The van der Waals surface area contributed by atoms with Crippen LogP contribution in [0.2, 0.25) is 0 Å². The van der Waals surface area contributed by atoms with E-state index in [1.165, 1.54) is 51.5 Å². The number of hydrogen-bond donors (Lipinski definition) is 3. The van der Waals surface area contributed by atoms with E-state index in [2.05, 4.69) is 58.9 Å². The van der Waals surface area contributed by atoms with E-state index in [1.54, 1.807) is 0 Å². The number of piperidine rings is 1. The average Bonchev–Trinajstić information content (AvgIpc) is 3.33. The van der Waals surface area contributed by atoms with Gasteiger partial charge in [0.05, 0.1) is 0 Å². The highest BCUT2D eigenvalue weighted by Gasteiger charge is 2.34. The van der Waals surface area contributed by atoms with Crippen LogP contribution in [0, 0.1) is 11.8 Å². The van der Waals surface area contributed by atoms with Crippen molar-refractivity contribution in [2.45, 2.75) is 25.3 Å². The van der Waals surface area contributed by atoms with Crippen molar-refractivity contribution in [2.24, 2.45) is 17.6 Å². The molecule has 1 aromatic carbocycles. The van der Waals surface area contributed by atoms with Gasteiger partial charge in [-0.15, -0.1) is 0 Å². The standard InChI is InChI=1S/C17H24N2.CH5N/c1-2-4-14(5-3-1)6-7-16-12-17(16)19-13-15-8-10-18-11-9-15;1-2/h1-7,15-19H,8-13H2;2H2,1H3/b7-6+;. The molecule has 21 heavy (non-hydrogen) atoms. The lowest BCUT2D eigenvalue weighted by molar-refractivity contribution is 0.355. The molecule has 3 nitrogen and oxygen atoms in total. The quantitative estimate of drug-likeness (QED) is 0.778. The van der Waals surface area contributed by atoms with Gasteiger partial charge >= 0.3 is 0 Å². The van der Waals surface area contributed by atoms with Crippen LogP contribution in [0.3, 0.4) is 0 Å². The Balaban J connectivity index is 0.000000774. The van der Waals surface area contributed by atoms with E-state index < -0.39 is 0 Å². The molecule has 0 aromatic heterocycles. The van der Waals surface area contributed by atoms with Gasteiger partial charge in [-0.1, -0.05) is 42.5 Å². The third-order valence-corrected chi connectivity index (χ3v) is 4.30. The maximum Gasteiger partial charge on any atom is 0.0137 e. The number of hydrogen-bond acceptors (Lipinski definition) is 3. The van der Waals surface area contributed by atoms with Crippen LogP contribution in [0.4, 0.5) is 0 Å². The molecule has 3 rings (SSSR count). The normalized spacial score (nSPS) is 25.4. The molecule has 4 N–H and O–H groups in total. The lowest BCUT2D eigenvalue weighted by Crippen LogP contribution is -2.34. The molecule has 2 fully saturated rings. The highest BCUT2D eigenvalue weighted by molar-refractivity contribution is 5.49. The van der Waals surface area contributed by atoms with E-state index in [4.69, 9.17) is 0 Å². The zero-order valence-corrected chi connectivity index (χ0v) is 13.1. The molecule has 1 saturated carbocycles. The van der Waals surface area contributed by atoms with Gasteiger partial charge in [-0.25, -0.2) is 0 Å². The Kier molecular flexibility index (Phi) is 6.93. The fourth-order valence-electron chi connectivity index (χ4n) is 2.86. The topological polar surface area (TPSA) is 50.1 Å². The van der Waals surface area contributed by atoms with Crippen molar-refractivity contribution in [3.05, 3.63) is 42.0 Å². The van der Waals surface area contributed by atoms with Crippen LogP contribution in [-0.2, 0) is 0 Å². The summed E-state index contributed by atoms with van der Waals surface area (Å²) in [6.45, 7) is 3.62. The summed E-state index contributed by atoms with van der Waals surface area (Å²) >= 11 is 0. The van der Waals surface area contributed by atoms with Crippen LogP contribution in [-0.4, -0.2) is 32.7 Å². The maximum atomic E-state index is 4.50.